The number of unbranched alkanes of at least 4 members (excludes halogenated alkanes) is 5. The highest BCUT2D eigenvalue weighted by Crippen LogP contribution is 2.23. The minimum absolute atomic E-state index is 0.130. The number of hydrogen-bond acceptors (Lipinski definition) is 4. The Kier molecular flexibility index (Phi) is 8.62. The van der Waals surface area contributed by atoms with Crippen LogP contribution in [0.15, 0.2) is 48.5 Å². The van der Waals surface area contributed by atoms with Crippen LogP contribution < -0.4 is 9.64 Å². The van der Waals surface area contributed by atoms with Crippen LogP contribution in [0.4, 0.5) is 11.4 Å². The van der Waals surface area contributed by atoms with Crippen molar-refractivity contribution < 1.29 is 9.66 Å². The predicted octanol–water partition coefficient (Wildman–Crippen LogP) is 5.97. The fraction of sp³-hybridized carbons (Fsp3) is 0.455. The van der Waals surface area contributed by atoms with Crippen LogP contribution in [0.2, 0.25) is 0 Å². The first-order chi connectivity index (χ1) is 13.1. The molecule has 0 heterocycles. The molecular formula is C22H30N2O3. The normalized spacial score (nSPS) is 10.6. The van der Waals surface area contributed by atoms with E-state index in [1.54, 1.807) is 19.2 Å². The number of rotatable bonds is 12. The summed E-state index contributed by atoms with van der Waals surface area (Å²) in [6, 6.07) is 14.9. The number of benzene rings is 2. The minimum Gasteiger partial charge on any atom is -0.497 e. The summed E-state index contributed by atoms with van der Waals surface area (Å²) in [5.41, 5.74) is 2.34. The van der Waals surface area contributed by atoms with Gasteiger partial charge in [-0.15, -0.1) is 0 Å². The van der Waals surface area contributed by atoms with Crippen molar-refractivity contribution in [2.24, 2.45) is 0 Å². The number of ether oxygens (including phenoxy) is 1. The van der Waals surface area contributed by atoms with Gasteiger partial charge in [0.1, 0.15) is 5.75 Å². The molecule has 2 rings (SSSR count). The fourth-order valence-electron chi connectivity index (χ4n) is 3.12. The van der Waals surface area contributed by atoms with Gasteiger partial charge in [-0.2, -0.15) is 0 Å². The molecular weight excluding hydrogens is 340 g/mol. The summed E-state index contributed by atoms with van der Waals surface area (Å²) in [6.07, 6.45) is 7.53. The second-order valence-electron chi connectivity index (χ2n) is 6.81. The molecule has 0 amide bonds. The van der Waals surface area contributed by atoms with E-state index in [1.807, 2.05) is 24.3 Å². The first-order valence-corrected chi connectivity index (χ1v) is 9.76. The molecule has 27 heavy (non-hydrogen) atoms. The number of nitro benzene ring substituents is 1. The van der Waals surface area contributed by atoms with E-state index >= 15 is 0 Å². The SMILES string of the molecule is CCCCCCCCN(Cc1ccc([N+](=O)[O-])cc1)c1ccc(OC)cc1. The summed E-state index contributed by atoms with van der Waals surface area (Å²) < 4.78 is 5.26. The van der Waals surface area contributed by atoms with Gasteiger partial charge in [-0.1, -0.05) is 51.2 Å². The Balaban J connectivity index is 2.02. The Labute approximate surface area is 162 Å². The van der Waals surface area contributed by atoms with Crippen LogP contribution in [0, 0.1) is 10.1 Å². The second kappa shape index (κ2) is 11.2. The molecule has 0 N–H and O–H groups in total. The Morgan fingerprint density at radius 2 is 1.56 bits per heavy atom. The smallest absolute Gasteiger partial charge is 0.269 e. The maximum absolute atomic E-state index is 10.8. The third-order valence-electron chi connectivity index (χ3n) is 4.74. The zero-order valence-corrected chi connectivity index (χ0v) is 16.4. The standard InChI is InChI=1S/C22H30N2O3/c1-3-4-5-6-7-8-17-23(20-13-15-22(27-2)16-14-20)18-19-9-11-21(12-10-19)24(25)26/h9-16H,3-8,17-18H2,1-2H3. The molecule has 2 aromatic rings. The van der Waals surface area contributed by atoms with E-state index in [2.05, 4.69) is 24.0 Å². The van der Waals surface area contributed by atoms with Gasteiger partial charge in [0.2, 0.25) is 0 Å². The monoisotopic (exact) mass is 370 g/mol. The molecule has 0 fully saturated rings. The molecule has 0 saturated heterocycles. The molecule has 146 valence electrons. The Hall–Kier alpha value is -2.56. The van der Waals surface area contributed by atoms with Crippen molar-refractivity contribution in [2.75, 3.05) is 18.6 Å². The lowest BCUT2D eigenvalue weighted by molar-refractivity contribution is -0.384. The molecule has 0 radical (unpaired) electrons. The zero-order valence-electron chi connectivity index (χ0n) is 16.4. The van der Waals surface area contributed by atoms with Crippen molar-refractivity contribution in [2.45, 2.75) is 52.0 Å². The maximum Gasteiger partial charge on any atom is 0.269 e. The molecule has 5 heteroatoms. The third kappa shape index (κ3) is 6.93. The van der Waals surface area contributed by atoms with Crippen LogP contribution in [0.1, 0.15) is 51.0 Å². The molecule has 0 atom stereocenters. The van der Waals surface area contributed by atoms with Crippen molar-refractivity contribution in [3.8, 4) is 5.75 Å². The van der Waals surface area contributed by atoms with Crippen LogP contribution in [0.25, 0.3) is 0 Å². The van der Waals surface area contributed by atoms with Crippen molar-refractivity contribution in [3.63, 3.8) is 0 Å². The zero-order chi connectivity index (χ0) is 19.5. The van der Waals surface area contributed by atoms with Gasteiger partial charge in [-0.3, -0.25) is 10.1 Å². The van der Waals surface area contributed by atoms with Gasteiger partial charge in [0.25, 0.3) is 5.69 Å². The summed E-state index contributed by atoms with van der Waals surface area (Å²) in [5, 5.41) is 10.8. The quantitative estimate of drug-likeness (QED) is 0.262. The lowest BCUT2D eigenvalue weighted by Gasteiger charge is -2.25. The lowest BCUT2D eigenvalue weighted by atomic mass is 10.1. The lowest BCUT2D eigenvalue weighted by Crippen LogP contribution is -2.23. The first-order valence-electron chi connectivity index (χ1n) is 9.76. The summed E-state index contributed by atoms with van der Waals surface area (Å²) in [5.74, 6) is 0.841. The van der Waals surface area contributed by atoms with E-state index < -0.39 is 0 Å². The molecule has 5 nitrogen and oxygen atoms in total. The fourth-order valence-corrected chi connectivity index (χ4v) is 3.12. The van der Waals surface area contributed by atoms with Gasteiger partial charge in [0.05, 0.1) is 12.0 Å². The summed E-state index contributed by atoms with van der Waals surface area (Å²) >= 11 is 0. The van der Waals surface area contributed by atoms with Gasteiger partial charge in [0.15, 0.2) is 0 Å². The van der Waals surface area contributed by atoms with E-state index in [1.165, 1.54) is 32.1 Å². The van der Waals surface area contributed by atoms with Crippen LogP contribution in [0.5, 0.6) is 5.75 Å². The maximum atomic E-state index is 10.8. The first kappa shape index (κ1) is 20.7. The minimum atomic E-state index is -0.360. The van der Waals surface area contributed by atoms with Crippen LogP contribution in [0.3, 0.4) is 0 Å². The summed E-state index contributed by atoms with van der Waals surface area (Å²) in [6.45, 7) is 3.93. The summed E-state index contributed by atoms with van der Waals surface area (Å²) in [7, 11) is 1.67. The molecule has 2 aromatic carbocycles. The number of nitrogens with zero attached hydrogens (tertiary/aromatic N) is 2. The van der Waals surface area contributed by atoms with E-state index in [-0.39, 0.29) is 10.6 Å². The van der Waals surface area contributed by atoms with Gasteiger partial charge < -0.3 is 9.64 Å². The molecule has 0 bridgehead atoms. The van der Waals surface area contributed by atoms with Crippen molar-refractivity contribution in [1.29, 1.82) is 0 Å². The highest BCUT2D eigenvalue weighted by atomic mass is 16.6. The van der Waals surface area contributed by atoms with Crippen molar-refractivity contribution in [3.05, 3.63) is 64.2 Å². The third-order valence-corrected chi connectivity index (χ3v) is 4.74. The average molecular weight is 370 g/mol. The number of hydrogen-bond donors (Lipinski definition) is 0. The molecule has 0 aliphatic carbocycles. The van der Waals surface area contributed by atoms with E-state index in [4.69, 9.17) is 4.74 Å². The van der Waals surface area contributed by atoms with Gasteiger partial charge in [-0.25, -0.2) is 0 Å². The molecule has 0 unspecified atom stereocenters. The van der Waals surface area contributed by atoms with Crippen LogP contribution in [-0.4, -0.2) is 18.6 Å². The van der Waals surface area contributed by atoms with Gasteiger partial charge in [-0.05, 0) is 36.2 Å². The molecule has 0 aromatic heterocycles. The molecule has 0 aliphatic rings. The topological polar surface area (TPSA) is 55.6 Å². The van der Waals surface area contributed by atoms with E-state index in [0.29, 0.717) is 0 Å². The Bertz CT molecular complexity index is 684. The Morgan fingerprint density at radius 3 is 2.15 bits per heavy atom. The Morgan fingerprint density at radius 1 is 0.926 bits per heavy atom. The number of nitro groups is 1. The van der Waals surface area contributed by atoms with Crippen molar-refractivity contribution in [1.82, 2.24) is 0 Å². The highest BCUT2D eigenvalue weighted by molar-refractivity contribution is 5.50. The summed E-state index contributed by atoms with van der Waals surface area (Å²) in [4.78, 5) is 12.8. The van der Waals surface area contributed by atoms with E-state index in [0.717, 1.165) is 36.5 Å². The van der Waals surface area contributed by atoms with Crippen molar-refractivity contribution >= 4 is 11.4 Å². The molecule has 0 spiro atoms. The second-order valence-corrected chi connectivity index (χ2v) is 6.81. The number of non-ortho nitro benzene ring substituents is 1. The van der Waals surface area contributed by atoms with Gasteiger partial charge in [0, 0.05) is 30.9 Å². The van der Waals surface area contributed by atoms with E-state index in [9.17, 15) is 10.1 Å². The number of methoxy groups -OCH3 is 1. The average Bonchev–Trinajstić information content (AvgIpc) is 2.70. The molecule has 0 saturated carbocycles. The highest BCUT2D eigenvalue weighted by Gasteiger charge is 2.10. The van der Waals surface area contributed by atoms with Crippen LogP contribution >= 0.6 is 0 Å². The largest absolute Gasteiger partial charge is 0.497 e. The van der Waals surface area contributed by atoms with Gasteiger partial charge >= 0.3 is 0 Å². The molecule has 0 aliphatic heterocycles. The number of anilines is 1. The predicted molar refractivity (Wildman–Crippen MR) is 111 cm³/mol. The van der Waals surface area contributed by atoms with Crippen LogP contribution in [-0.2, 0) is 6.54 Å².